The number of anilines is 1. The fourth-order valence-electron chi connectivity index (χ4n) is 3.63. The maximum absolute atomic E-state index is 12.9. The van der Waals surface area contributed by atoms with E-state index >= 15 is 0 Å². The smallest absolute Gasteiger partial charge is 0.326 e. The summed E-state index contributed by atoms with van der Waals surface area (Å²) in [6.45, 7) is 7.76. The number of hydrogen-bond acceptors (Lipinski definition) is 7. The highest BCUT2D eigenvalue weighted by Gasteiger charge is 2.36. The minimum Gasteiger partial charge on any atom is -0.488 e. The van der Waals surface area contributed by atoms with Crippen LogP contribution >= 0.6 is 35.0 Å². The molecule has 0 radical (unpaired) electrons. The molecule has 0 aromatic heterocycles. The van der Waals surface area contributed by atoms with E-state index in [2.05, 4.69) is 18.7 Å². The molecule has 0 N–H and O–H groups in total. The van der Waals surface area contributed by atoms with Crippen molar-refractivity contribution in [2.45, 2.75) is 40.2 Å². The number of hydrogen-bond donors (Lipinski definition) is 0. The predicted molar refractivity (Wildman–Crippen MR) is 149 cm³/mol. The largest absolute Gasteiger partial charge is 0.488 e. The number of imide groups is 1. The first kappa shape index (κ1) is 28.9. The van der Waals surface area contributed by atoms with Crippen molar-refractivity contribution in [1.82, 2.24) is 4.90 Å². The van der Waals surface area contributed by atoms with E-state index in [1.165, 1.54) is 0 Å². The summed E-state index contributed by atoms with van der Waals surface area (Å²) in [6.07, 6.45) is 3.21. The molecule has 0 bridgehead atoms. The quantitative estimate of drug-likeness (QED) is 0.159. The van der Waals surface area contributed by atoms with Crippen LogP contribution in [0.15, 0.2) is 41.3 Å². The van der Waals surface area contributed by atoms with E-state index in [-0.39, 0.29) is 18.1 Å². The number of nitrogens with zero attached hydrogens (tertiary/aromatic N) is 2. The van der Waals surface area contributed by atoms with Crippen molar-refractivity contribution < 1.29 is 23.9 Å². The molecule has 198 valence electrons. The molecule has 0 atom stereocenters. The van der Waals surface area contributed by atoms with Crippen LogP contribution in [0.3, 0.4) is 0 Å². The molecule has 37 heavy (non-hydrogen) atoms. The van der Waals surface area contributed by atoms with Gasteiger partial charge in [-0.3, -0.25) is 19.3 Å². The zero-order valence-electron chi connectivity index (χ0n) is 21.1. The number of rotatable bonds is 12. The van der Waals surface area contributed by atoms with Gasteiger partial charge in [-0.1, -0.05) is 42.6 Å². The van der Waals surface area contributed by atoms with Gasteiger partial charge in [0.2, 0.25) is 0 Å². The first-order valence-electron chi connectivity index (χ1n) is 12.1. The Labute approximate surface area is 231 Å². The van der Waals surface area contributed by atoms with Crippen LogP contribution in [-0.4, -0.2) is 48.3 Å². The maximum atomic E-state index is 12.9. The number of carbonyl (C=O) groups is 3. The highest BCUT2D eigenvalue weighted by molar-refractivity contribution is 8.18. The van der Waals surface area contributed by atoms with Crippen molar-refractivity contribution in [3.63, 3.8) is 0 Å². The first-order chi connectivity index (χ1) is 17.8. The third kappa shape index (κ3) is 7.66. The second-order valence-corrected chi connectivity index (χ2v) is 10.1. The average molecular weight is 566 g/mol. The minimum atomic E-state index is -0.607. The Morgan fingerprint density at radius 1 is 1.08 bits per heavy atom. The third-order valence-electron chi connectivity index (χ3n) is 5.73. The number of halogens is 2. The summed E-state index contributed by atoms with van der Waals surface area (Å²) in [5, 5.41) is 0.502. The van der Waals surface area contributed by atoms with Crippen LogP contribution in [0.4, 0.5) is 10.5 Å². The number of esters is 1. The molecule has 2 aromatic carbocycles. The summed E-state index contributed by atoms with van der Waals surface area (Å²) in [6, 6.07) is 10.9. The monoisotopic (exact) mass is 564 g/mol. The van der Waals surface area contributed by atoms with E-state index in [0.717, 1.165) is 53.8 Å². The van der Waals surface area contributed by atoms with E-state index < -0.39 is 23.7 Å². The van der Waals surface area contributed by atoms with Gasteiger partial charge in [0.1, 0.15) is 18.9 Å². The van der Waals surface area contributed by atoms with Crippen molar-refractivity contribution in [2.75, 3.05) is 31.1 Å². The molecule has 0 aliphatic carbocycles. The lowest BCUT2D eigenvalue weighted by molar-refractivity contribution is -0.146. The fourth-order valence-corrected chi connectivity index (χ4v) is 4.92. The molecular weight excluding hydrogens is 535 g/mol. The van der Waals surface area contributed by atoms with Crippen molar-refractivity contribution in [1.29, 1.82) is 0 Å². The summed E-state index contributed by atoms with van der Waals surface area (Å²) in [5.41, 5.74) is 2.34. The van der Waals surface area contributed by atoms with E-state index in [0.29, 0.717) is 21.4 Å². The summed E-state index contributed by atoms with van der Waals surface area (Å²) in [5.74, 6) is -0.618. The topological polar surface area (TPSA) is 76.2 Å². The Morgan fingerprint density at radius 3 is 2.51 bits per heavy atom. The molecule has 2 amide bonds. The minimum absolute atomic E-state index is 0.184. The van der Waals surface area contributed by atoms with Gasteiger partial charge in [-0.25, -0.2) is 0 Å². The fraction of sp³-hybridized carbons (Fsp3) is 0.370. The van der Waals surface area contributed by atoms with Gasteiger partial charge in [-0.15, -0.1) is 0 Å². The normalized spacial score (nSPS) is 14.4. The van der Waals surface area contributed by atoms with Crippen LogP contribution in [0.25, 0.3) is 6.08 Å². The van der Waals surface area contributed by atoms with E-state index in [1.54, 1.807) is 24.3 Å². The van der Waals surface area contributed by atoms with Crippen molar-refractivity contribution in [3.8, 4) is 5.75 Å². The lowest BCUT2D eigenvalue weighted by atomic mass is 10.1. The van der Waals surface area contributed by atoms with Gasteiger partial charge in [0.15, 0.2) is 0 Å². The molecule has 1 aliphatic rings. The summed E-state index contributed by atoms with van der Waals surface area (Å²) < 4.78 is 11.3. The standard InChI is InChI=1S/C27H30Cl2N2O5S/c1-4-7-12-35-25(32)16-31-26(33)24(37-27(31)34)13-18-9-11-21(30(5-2)6-3)15-23(18)36-17-19-8-10-20(28)14-22(19)29/h8-11,13-15H,4-7,12,16-17H2,1-3H3/b24-13+. The lowest BCUT2D eigenvalue weighted by Crippen LogP contribution is -2.34. The van der Waals surface area contributed by atoms with Crippen LogP contribution in [0, 0.1) is 0 Å². The number of ether oxygens (including phenoxy) is 2. The van der Waals surface area contributed by atoms with Crippen LogP contribution in [0.1, 0.15) is 44.7 Å². The van der Waals surface area contributed by atoms with Gasteiger partial charge in [0.25, 0.3) is 11.1 Å². The van der Waals surface area contributed by atoms with Crippen LogP contribution in [0.5, 0.6) is 5.75 Å². The maximum Gasteiger partial charge on any atom is 0.326 e. The SMILES string of the molecule is CCCCOC(=O)CN1C(=O)S/C(=C/c2ccc(N(CC)CC)cc2OCc2ccc(Cl)cc2Cl)C1=O. The molecular formula is C27H30Cl2N2O5S. The molecule has 3 rings (SSSR count). The van der Waals surface area contributed by atoms with Crippen LogP contribution in [-0.2, 0) is 20.9 Å². The molecule has 1 aliphatic heterocycles. The molecule has 7 nitrogen and oxygen atoms in total. The molecule has 1 heterocycles. The Morgan fingerprint density at radius 2 is 1.84 bits per heavy atom. The van der Waals surface area contributed by atoms with Gasteiger partial charge < -0.3 is 14.4 Å². The Hall–Kier alpha value is -2.68. The zero-order valence-corrected chi connectivity index (χ0v) is 23.4. The Kier molecular flexibility index (Phi) is 10.7. The number of carbonyl (C=O) groups excluding carboxylic acids is 3. The van der Waals surface area contributed by atoms with Gasteiger partial charge in [-0.2, -0.15) is 0 Å². The third-order valence-corrected chi connectivity index (χ3v) is 7.23. The van der Waals surface area contributed by atoms with Gasteiger partial charge in [0, 0.05) is 46.0 Å². The Bertz CT molecular complexity index is 1180. The molecule has 1 saturated heterocycles. The molecule has 0 unspecified atom stereocenters. The number of amides is 2. The molecule has 0 spiro atoms. The number of unbranched alkanes of at least 4 members (excludes halogenated alkanes) is 1. The summed E-state index contributed by atoms with van der Waals surface area (Å²) in [7, 11) is 0. The second kappa shape index (κ2) is 13.7. The van der Waals surface area contributed by atoms with Crippen molar-refractivity contribution >= 4 is 63.8 Å². The van der Waals surface area contributed by atoms with Gasteiger partial charge >= 0.3 is 5.97 Å². The van der Waals surface area contributed by atoms with E-state index in [9.17, 15) is 14.4 Å². The first-order valence-corrected chi connectivity index (χ1v) is 13.7. The highest BCUT2D eigenvalue weighted by atomic mass is 35.5. The molecule has 2 aromatic rings. The molecule has 10 heteroatoms. The number of thioether (sulfide) groups is 1. The second-order valence-electron chi connectivity index (χ2n) is 8.26. The van der Waals surface area contributed by atoms with Crippen LogP contribution in [0.2, 0.25) is 10.0 Å². The Balaban J connectivity index is 1.85. The van der Waals surface area contributed by atoms with Crippen LogP contribution < -0.4 is 9.64 Å². The van der Waals surface area contributed by atoms with Gasteiger partial charge in [-0.05, 0) is 62.4 Å². The predicted octanol–water partition coefficient (Wildman–Crippen LogP) is 6.80. The van der Waals surface area contributed by atoms with E-state index in [4.69, 9.17) is 32.7 Å². The number of benzene rings is 2. The molecule has 1 fully saturated rings. The zero-order chi connectivity index (χ0) is 26.9. The van der Waals surface area contributed by atoms with Gasteiger partial charge in [0.05, 0.1) is 11.5 Å². The van der Waals surface area contributed by atoms with E-state index in [1.807, 2.05) is 25.1 Å². The van der Waals surface area contributed by atoms with Crippen molar-refractivity contribution in [2.24, 2.45) is 0 Å². The highest BCUT2D eigenvalue weighted by Crippen LogP contribution is 2.36. The average Bonchev–Trinajstić information content (AvgIpc) is 3.12. The molecule has 0 saturated carbocycles. The lowest BCUT2D eigenvalue weighted by Gasteiger charge is -2.22. The van der Waals surface area contributed by atoms with Crippen molar-refractivity contribution in [3.05, 3.63) is 62.5 Å². The summed E-state index contributed by atoms with van der Waals surface area (Å²) in [4.78, 5) is 40.8. The summed E-state index contributed by atoms with van der Waals surface area (Å²) >= 11 is 13.1.